The topological polar surface area (TPSA) is 40.1 Å². The van der Waals surface area contributed by atoms with E-state index in [1.807, 2.05) is 36.4 Å². The molecule has 0 aliphatic rings. The molecule has 220 valence electrons. The van der Waals surface area contributed by atoms with E-state index >= 15 is 0 Å². The first kappa shape index (κ1) is 25.9. The highest BCUT2D eigenvalue weighted by molar-refractivity contribution is 6.17. The van der Waals surface area contributed by atoms with Gasteiger partial charge in [0.05, 0.1) is 27.5 Å². The lowest BCUT2D eigenvalue weighted by molar-refractivity contribution is 0.570. The number of fused-ring (bicyclic) bond motifs is 9. The average molecular weight is 603 g/mol. The minimum absolute atomic E-state index is 0.319. The highest BCUT2D eigenvalue weighted by Crippen LogP contribution is 2.39. The van der Waals surface area contributed by atoms with E-state index in [1.165, 1.54) is 21.8 Å². The standard InChI is InChI=1S/C43H26N2O2/c46-43-35-17-8-7-15-31(35)37-25-36-34-22-20-28(24-40(34)45(30-13-5-2-6-14-30)41(36)26-42(37)47-43)27-19-21-33-32-16-9-10-18-38(32)44(39(33)23-27)29-11-3-1-4-12-29/h1-26H. The van der Waals surface area contributed by atoms with E-state index in [0.717, 1.165) is 55.1 Å². The van der Waals surface area contributed by atoms with E-state index in [2.05, 4.69) is 130 Å². The minimum atomic E-state index is -0.319. The monoisotopic (exact) mass is 602 g/mol. The maximum atomic E-state index is 12.9. The predicted octanol–water partition coefficient (Wildman–Crippen LogP) is 10.8. The van der Waals surface area contributed by atoms with E-state index in [1.54, 1.807) is 0 Å². The molecular formula is C43H26N2O2. The molecule has 0 spiro atoms. The van der Waals surface area contributed by atoms with Crippen LogP contribution in [0.1, 0.15) is 0 Å². The van der Waals surface area contributed by atoms with Gasteiger partial charge in [0, 0.05) is 44.4 Å². The lowest BCUT2D eigenvalue weighted by Crippen LogP contribution is -1.99. The van der Waals surface area contributed by atoms with Gasteiger partial charge in [-0.2, -0.15) is 0 Å². The number of benzene rings is 7. The van der Waals surface area contributed by atoms with Crippen LogP contribution in [0.15, 0.2) is 167 Å². The first-order valence-corrected chi connectivity index (χ1v) is 15.8. The first-order chi connectivity index (χ1) is 23.2. The van der Waals surface area contributed by atoms with Crippen molar-refractivity contribution in [2.75, 3.05) is 0 Å². The molecule has 3 heterocycles. The fourth-order valence-electron chi connectivity index (χ4n) is 7.43. The van der Waals surface area contributed by atoms with Gasteiger partial charge >= 0.3 is 5.63 Å². The first-order valence-electron chi connectivity index (χ1n) is 15.8. The van der Waals surface area contributed by atoms with E-state index < -0.39 is 0 Å². The Hall–Kier alpha value is -6.39. The molecule has 0 bridgehead atoms. The number of aromatic nitrogens is 2. The van der Waals surface area contributed by atoms with Crippen molar-refractivity contribution in [3.8, 4) is 22.5 Å². The summed E-state index contributed by atoms with van der Waals surface area (Å²) >= 11 is 0. The molecule has 10 rings (SSSR count). The summed E-state index contributed by atoms with van der Waals surface area (Å²) in [5.74, 6) is 0. The number of hydrogen-bond acceptors (Lipinski definition) is 2. The van der Waals surface area contributed by atoms with Gasteiger partial charge in [-0.1, -0.05) is 97.1 Å². The molecule has 0 saturated carbocycles. The van der Waals surface area contributed by atoms with Crippen molar-refractivity contribution in [3.05, 3.63) is 168 Å². The van der Waals surface area contributed by atoms with Crippen LogP contribution in [-0.4, -0.2) is 9.13 Å². The molecule has 10 aromatic rings. The second kappa shape index (κ2) is 9.80. The van der Waals surface area contributed by atoms with Crippen molar-refractivity contribution >= 4 is 65.4 Å². The van der Waals surface area contributed by atoms with Crippen molar-refractivity contribution in [1.29, 1.82) is 0 Å². The normalized spacial score (nSPS) is 11.9. The predicted molar refractivity (Wildman–Crippen MR) is 194 cm³/mol. The molecular weight excluding hydrogens is 576 g/mol. The summed E-state index contributed by atoms with van der Waals surface area (Å²) in [6.45, 7) is 0. The third-order valence-corrected chi connectivity index (χ3v) is 9.54. The van der Waals surface area contributed by atoms with Gasteiger partial charge in [0.15, 0.2) is 0 Å². The third kappa shape index (κ3) is 3.79. The number of nitrogens with zero attached hydrogens (tertiary/aromatic N) is 2. The molecule has 0 radical (unpaired) electrons. The van der Waals surface area contributed by atoms with Crippen LogP contribution >= 0.6 is 0 Å². The summed E-state index contributed by atoms with van der Waals surface area (Å²) in [5.41, 5.74) is 9.18. The van der Waals surface area contributed by atoms with Gasteiger partial charge in [0.25, 0.3) is 0 Å². The molecule has 0 aliphatic carbocycles. The van der Waals surface area contributed by atoms with Crippen molar-refractivity contribution in [2.24, 2.45) is 0 Å². The van der Waals surface area contributed by atoms with Crippen molar-refractivity contribution < 1.29 is 4.42 Å². The van der Waals surface area contributed by atoms with Gasteiger partial charge in [0.1, 0.15) is 5.58 Å². The van der Waals surface area contributed by atoms with E-state index in [0.29, 0.717) is 11.0 Å². The molecule has 4 heteroatoms. The SMILES string of the molecule is O=c1oc2cc3c(cc2c2ccccc12)c1ccc(-c2ccc4c5ccccc5n(-c5ccccc5)c4c2)cc1n3-c1ccccc1. The van der Waals surface area contributed by atoms with Crippen molar-refractivity contribution in [3.63, 3.8) is 0 Å². The van der Waals surface area contributed by atoms with Crippen LogP contribution in [0.3, 0.4) is 0 Å². The highest BCUT2D eigenvalue weighted by Gasteiger charge is 2.18. The Morgan fingerprint density at radius 2 is 0.851 bits per heavy atom. The van der Waals surface area contributed by atoms with Crippen LogP contribution in [0, 0.1) is 0 Å². The van der Waals surface area contributed by atoms with Gasteiger partial charge in [0.2, 0.25) is 0 Å². The van der Waals surface area contributed by atoms with E-state index in [4.69, 9.17) is 4.42 Å². The number of hydrogen-bond donors (Lipinski definition) is 0. The number of para-hydroxylation sites is 3. The Kier molecular flexibility index (Phi) is 5.40. The summed E-state index contributed by atoms with van der Waals surface area (Å²) in [6.07, 6.45) is 0. The van der Waals surface area contributed by atoms with Crippen LogP contribution in [0.25, 0.3) is 87.9 Å². The summed E-state index contributed by atoms with van der Waals surface area (Å²) in [5, 5.41) is 7.16. The molecule has 4 nitrogen and oxygen atoms in total. The maximum Gasteiger partial charge on any atom is 0.344 e. The summed E-state index contributed by atoms with van der Waals surface area (Å²) < 4.78 is 10.5. The minimum Gasteiger partial charge on any atom is -0.422 e. The van der Waals surface area contributed by atoms with Crippen LogP contribution < -0.4 is 5.63 Å². The summed E-state index contributed by atoms with van der Waals surface area (Å²) in [6, 6.07) is 55.0. The number of rotatable bonds is 3. The second-order valence-electron chi connectivity index (χ2n) is 12.1. The fraction of sp³-hybridized carbons (Fsp3) is 0. The molecule has 0 atom stereocenters. The summed E-state index contributed by atoms with van der Waals surface area (Å²) in [4.78, 5) is 12.9. The van der Waals surface area contributed by atoms with Crippen LogP contribution in [0.2, 0.25) is 0 Å². The molecule has 47 heavy (non-hydrogen) atoms. The molecule has 7 aromatic carbocycles. The van der Waals surface area contributed by atoms with Gasteiger partial charge in [-0.25, -0.2) is 4.79 Å². The molecule has 0 fully saturated rings. The lowest BCUT2D eigenvalue weighted by Gasteiger charge is -2.10. The molecule has 0 amide bonds. The maximum absolute atomic E-state index is 12.9. The molecule has 0 unspecified atom stereocenters. The zero-order chi connectivity index (χ0) is 31.1. The van der Waals surface area contributed by atoms with Crippen LogP contribution in [-0.2, 0) is 0 Å². The van der Waals surface area contributed by atoms with Crippen molar-refractivity contribution in [1.82, 2.24) is 9.13 Å². The highest BCUT2D eigenvalue weighted by atomic mass is 16.4. The Morgan fingerprint density at radius 3 is 1.51 bits per heavy atom. The van der Waals surface area contributed by atoms with Gasteiger partial charge in [-0.15, -0.1) is 0 Å². The molecule has 0 N–H and O–H groups in total. The van der Waals surface area contributed by atoms with Crippen molar-refractivity contribution in [2.45, 2.75) is 0 Å². The quantitative estimate of drug-likeness (QED) is 0.149. The van der Waals surface area contributed by atoms with Gasteiger partial charge < -0.3 is 13.6 Å². The van der Waals surface area contributed by atoms with Gasteiger partial charge in [-0.05, 0) is 71.1 Å². The second-order valence-corrected chi connectivity index (χ2v) is 12.1. The summed E-state index contributed by atoms with van der Waals surface area (Å²) in [7, 11) is 0. The largest absolute Gasteiger partial charge is 0.422 e. The van der Waals surface area contributed by atoms with Gasteiger partial charge in [-0.3, -0.25) is 0 Å². The Balaban J connectivity index is 1.26. The Bertz CT molecular complexity index is 2910. The fourth-order valence-corrected chi connectivity index (χ4v) is 7.43. The van der Waals surface area contributed by atoms with E-state index in [9.17, 15) is 4.79 Å². The van der Waals surface area contributed by atoms with Crippen LogP contribution in [0.4, 0.5) is 0 Å². The third-order valence-electron chi connectivity index (χ3n) is 9.54. The zero-order valence-electron chi connectivity index (χ0n) is 25.2. The average Bonchev–Trinajstić information content (AvgIpc) is 3.63. The Labute approximate surface area is 268 Å². The lowest BCUT2D eigenvalue weighted by atomic mass is 10.0. The van der Waals surface area contributed by atoms with Crippen LogP contribution in [0.5, 0.6) is 0 Å². The Morgan fingerprint density at radius 1 is 0.362 bits per heavy atom. The smallest absolute Gasteiger partial charge is 0.344 e. The zero-order valence-corrected chi connectivity index (χ0v) is 25.2. The molecule has 3 aromatic heterocycles. The molecule has 0 aliphatic heterocycles. The molecule has 0 saturated heterocycles. The van der Waals surface area contributed by atoms with E-state index in [-0.39, 0.29) is 5.63 Å².